The molecule has 4 heterocycles. The number of aromatic nitrogens is 3. The molecule has 47 heavy (non-hydrogen) atoms. The number of carboxylic acid groups (broad SMARTS) is 1. The molecule has 0 amide bonds. The van der Waals surface area contributed by atoms with E-state index in [0.717, 1.165) is 99.4 Å². The van der Waals surface area contributed by atoms with Crippen LogP contribution in [0.15, 0.2) is 55.0 Å². The lowest BCUT2D eigenvalue weighted by atomic mass is 9.83. The zero-order valence-electron chi connectivity index (χ0n) is 27.9. The van der Waals surface area contributed by atoms with Crippen LogP contribution in [0, 0.1) is 13.8 Å². The normalized spacial score (nSPS) is 16.0. The van der Waals surface area contributed by atoms with Gasteiger partial charge in [0.2, 0.25) is 5.95 Å². The summed E-state index contributed by atoms with van der Waals surface area (Å²) >= 11 is 0. The first-order chi connectivity index (χ1) is 22.5. The van der Waals surface area contributed by atoms with Crippen molar-refractivity contribution in [3.8, 4) is 28.0 Å². The standard InChI is InChI=1S/C38H41N5O4/c1-22-19-29-23(2)26(25-20-40-37(41-21-25)43-16-14-42(6)15-17-43)7-8-27(29)33(31(22)35(36(44)45)47-38(3,4)5)28-9-10-30-32-24(12-18-46-30)11-13-39-34(28)32/h7-11,13,19-21,35H,12,14-18H2,1-6H3,(H,44,45)/t35-/m0/s1. The summed E-state index contributed by atoms with van der Waals surface area (Å²) in [6.45, 7) is 14.1. The Balaban J connectivity index is 1.44. The molecule has 1 N–H and O–H groups in total. The first kappa shape index (κ1) is 31.0. The van der Waals surface area contributed by atoms with Crippen LogP contribution in [0.5, 0.6) is 5.75 Å². The third-order valence-electron chi connectivity index (χ3n) is 9.37. The summed E-state index contributed by atoms with van der Waals surface area (Å²) in [6.07, 6.45) is 5.26. The fourth-order valence-electron chi connectivity index (χ4n) is 7.03. The number of nitrogens with zero attached hydrogens (tertiary/aromatic N) is 5. The average Bonchev–Trinajstić information content (AvgIpc) is 3.04. The van der Waals surface area contributed by atoms with Crippen molar-refractivity contribution >= 4 is 33.6 Å². The summed E-state index contributed by atoms with van der Waals surface area (Å²) in [5, 5.41) is 13.5. The van der Waals surface area contributed by atoms with Crippen LogP contribution in [-0.2, 0) is 16.0 Å². The maximum absolute atomic E-state index is 13.0. The number of aliphatic carboxylic acids is 1. The van der Waals surface area contributed by atoms with E-state index in [0.29, 0.717) is 12.2 Å². The molecule has 7 rings (SSSR count). The Bertz CT molecular complexity index is 2000. The highest BCUT2D eigenvalue weighted by Crippen LogP contribution is 2.46. The molecule has 0 spiro atoms. The molecule has 0 saturated carbocycles. The highest BCUT2D eigenvalue weighted by molar-refractivity contribution is 6.10. The van der Waals surface area contributed by atoms with Gasteiger partial charge in [-0.05, 0) is 98.5 Å². The lowest BCUT2D eigenvalue weighted by Gasteiger charge is -2.32. The molecular formula is C38H41N5O4. The van der Waals surface area contributed by atoms with E-state index < -0.39 is 17.7 Å². The molecule has 1 saturated heterocycles. The fourth-order valence-corrected chi connectivity index (χ4v) is 7.03. The Morgan fingerprint density at radius 1 is 0.957 bits per heavy atom. The quantitative estimate of drug-likeness (QED) is 0.218. The number of piperazine rings is 1. The molecule has 1 fully saturated rings. The van der Waals surface area contributed by atoms with Crippen molar-refractivity contribution in [2.24, 2.45) is 0 Å². The molecule has 1 atom stereocenters. The van der Waals surface area contributed by atoms with Gasteiger partial charge in [0.25, 0.3) is 0 Å². The number of fused-ring (bicyclic) bond motifs is 1. The van der Waals surface area contributed by atoms with Crippen molar-refractivity contribution in [2.45, 2.75) is 52.7 Å². The van der Waals surface area contributed by atoms with Crippen LogP contribution < -0.4 is 9.64 Å². The lowest BCUT2D eigenvalue weighted by Crippen LogP contribution is -2.45. The first-order valence-corrected chi connectivity index (χ1v) is 16.3. The number of likely N-dealkylation sites (N-methyl/N-ethyl adjacent to an activating group) is 1. The molecule has 2 aromatic heterocycles. The molecule has 2 aliphatic rings. The maximum Gasteiger partial charge on any atom is 0.337 e. The molecule has 3 aromatic carbocycles. The van der Waals surface area contributed by atoms with E-state index in [2.05, 4.69) is 42.0 Å². The van der Waals surface area contributed by atoms with Gasteiger partial charge in [-0.3, -0.25) is 4.98 Å². The van der Waals surface area contributed by atoms with Gasteiger partial charge in [-0.25, -0.2) is 14.8 Å². The van der Waals surface area contributed by atoms with Gasteiger partial charge >= 0.3 is 5.97 Å². The van der Waals surface area contributed by atoms with Crippen LogP contribution in [0.25, 0.3) is 43.9 Å². The van der Waals surface area contributed by atoms with Gasteiger partial charge in [0.1, 0.15) is 5.75 Å². The van der Waals surface area contributed by atoms with Gasteiger partial charge in [0.05, 0.1) is 17.7 Å². The SMILES string of the molecule is Cc1cc2c(C)c(-c3cnc(N4CCN(C)CC4)nc3)ccc2c(-c2ccc3c4c(ccnc24)CCO3)c1[C@H](OC(C)(C)C)C(=O)O. The minimum absolute atomic E-state index is 0.618. The van der Waals surface area contributed by atoms with Gasteiger partial charge in [0, 0.05) is 73.3 Å². The van der Waals surface area contributed by atoms with E-state index in [1.165, 1.54) is 5.56 Å². The molecule has 242 valence electrons. The third-order valence-corrected chi connectivity index (χ3v) is 9.37. The third kappa shape index (κ3) is 5.68. The van der Waals surface area contributed by atoms with Gasteiger partial charge in [-0.2, -0.15) is 0 Å². The first-order valence-electron chi connectivity index (χ1n) is 16.3. The van der Waals surface area contributed by atoms with Crippen molar-refractivity contribution < 1.29 is 19.4 Å². The Labute approximate surface area is 275 Å². The summed E-state index contributed by atoms with van der Waals surface area (Å²) in [6, 6.07) is 12.3. The number of hydrogen-bond acceptors (Lipinski definition) is 8. The number of carboxylic acids is 1. The highest BCUT2D eigenvalue weighted by Gasteiger charge is 2.33. The summed E-state index contributed by atoms with van der Waals surface area (Å²) in [5.74, 6) is 0.519. The van der Waals surface area contributed by atoms with E-state index in [-0.39, 0.29) is 0 Å². The summed E-state index contributed by atoms with van der Waals surface area (Å²) in [7, 11) is 2.14. The second kappa shape index (κ2) is 11.9. The Kier molecular flexibility index (Phi) is 7.85. The Morgan fingerprint density at radius 3 is 2.38 bits per heavy atom. The predicted octanol–water partition coefficient (Wildman–Crippen LogP) is 6.76. The molecule has 0 radical (unpaired) electrons. The van der Waals surface area contributed by atoms with Gasteiger partial charge in [0.15, 0.2) is 6.10 Å². The van der Waals surface area contributed by atoms with Crippen LogP contribution in [0.3, 0.4) is 0 Å². The van der Waals surface area contributed by atoms with Gasteiger partial charge in [-0.15, -0.1) is 0 Å². The van der Waals surface area contributed by atoms with Crippen LogP contribution in [0.4, 0.5) is 5.95 Å². The zero-order chi connectivity index (χ0) is 33.0. The minimum atomic E-state index is -1.19. The second-order valence-electron chi connectivity index (χ2n) is 13.7. The number of carbonyl (C=O) groups is 1. The van der Waals surface area contributed by atoms with E-state index in [9.17, 15) is 9.90 Å². The maximum atomic E-state index is 13.0. The number of rotatable bonds is 6. The van der Waals surface area contributed by atoms with Crippen molar-refractivity contribution in [2.75, 3.05) is 44.7 Å². The number of pyridine rings is 1. The predicted molar refractivity (Wildman–Crippen MR) is 185 cm³/mol. The van der Waals surface area contributed by atoms with Gasteiger partial charge in [-0.1, -0.05) is 18.2 Å². The molecule has 0 aliphatic carbocycles. The molecule has 9 nitrogen and oxygen atoms in total. The summed E-state index contributed by atoms with van der Waals surface area (Å²) < 4.78 is 12.3. The van der Waals surface area contributed by atoms with Crippen molar-refractivity contribution in [3.63, 3.8) is 0 Å². The van der Waals surface area contributed by atoms with E-state index in [1.807, 2.05) is 64.5 Å². The largest absolute Gasteiger partial charge is 0.493 e. The summed E-state index contributed by atoms with van der Waals surface area (Å²) in [5.41, 5.74) is 7.45. The Morgan fingerprint density at radius 2 is 1.68 bits per heavy atom. The molecule has 9 heteroatoms. The van der Waals surface area contributed by atoms with E-state index in [4.69, 9.17) is 24.4 Å². The summed E-state index contributed by atoms with van der Waals surface area (Å²) in [4.78, 5) is 31.9. The number of benzene rings is 3. The molecule has 5 aromatic rings. The smallest absolute Gasteiger partial charge is 0.337 e. The number of ether oxygens (including phenoxy) is 2. The van der Waals surface area contributed by atoms with Crippen LogP contribution in [0.1, 0.15) is 49.1 Å². The Hall–Kier alpha value is -4.60. The molecule has 2 aliphatic heterocycles. The van der Waals surface area contributed by atoms with Gasteiger partial charge < -0.3 is 24.4 Å². The second-order valence-corrected chi connectivity index (χ2v) is 13.7. The van der Waals surface area contributed by atoms with Crippen LogP contribution in [-0.4, -0.2) is 76.4 Å². The molecule has 0 unspecified atom stereocenters. The molecular weight excluding hydrogens is 590 g/mol. The van der Waals surface area contributed by atoms with E-state index >= 15 is 0 Å². The van der Waals surface area contributed by atoms with Crippen molar-refractivity contribution in [1.82, 2.24) is 19.9 Å². The van der Waals surface area contributed by atoms with E-state index in [1.54, 1.807) is 0 Å². The zero-order valence-corrected chi connectivity index (χ0v) is 27.9. The van der Waals surface area contributed by atoms with Crippen LogP contribution in [0.2, 0.25) is 0 Å². The number of anilines is 1. The fraction of sp³-hybridized carbons (Fsp3) is 0.368. The minimum Gasteiger partial charge on any atom is -0.493 e. The van der Waals surface area contributed by atoms with Crippen molar-refractivity contribution in [1.29, 1.82) is 0 Å². The monoisotopic (exact) mass is 631 g/mol. The average molecular weight is 632 g/mol. The number of aryl methyl sites for hydroxylation is 2. The van der Waals surface area contributed by atoms with Crippen molar-refractivity contribution in [3.05, 3.63) is 77.2 Å². The molecule has 0 bridgehead atoms. The lowest BCUT2D eigenvalue weighted by molar-refractivity contribution is -0.160. The highest BCUT2D eigenvalue weighted by atomic mass is 16.5. The van der Waals surface area contributed by atoms with Crippen LogP contribution >= 0.6 is 0 Å². The number of hydrogen-bond donors (Lipinski definition) is 1. The topological polar surface area (TPSA) is 101 Å².